The molecule has 34 heteroatoms. The summed E-state index contributed by atoms with van der Waals surface area (Å²) in [7, 11) is -33.7. The van der Waals surface area contributed by atoms with E-state index in [1.165, 1.54) is 0 Å². The maximum absolute atomic E-state index is 7.71. The third-order valence-electron chi connectivity index (χ3n) is 12.6. The zero-order chi connectivity index (χ0) is 50.5. The normalized spacial score (nSPS) is 38.0. The number of hydrogen-bond donors (Lipinski definition) is 0. The Labute approximate surface area is 442 Å². The number of hydrogen-bond acceptors (Lipinski definition) is 16. The van der Waals surface area contributed by atoms with E-state index in [-0.39, 0.29) is 18.3 Å². The first-order chi connectivity index (χ1) is 31.7. The first kappa shape index (κ1) is 63.8. The molecule has 0 aromatic heterocycles. The van der Waals surface area contributed by atoms with Crippen LogP contribution in [0, 0.1) is 0 Å². The summed E-state index contributed by atoms with van der Waals surface area (Å²) in [6, 6.07) is 10.5. The van der Waals surface area contributed by atoms with Gasteiger partial charge in [-0.25, -0.2) is 0 Å². The number of rotatable bonds is 21. The molecule has 0 aliphatic carbocycles. The van der Waals surface area contributed by atoms with E-state index in [0.717, 1.165) is 78.6 Å². The van der Waals surface area contributed by atoms with Crippen molar-refractivity contribution in [1.82, 2.24) is 0 Å². The van der Waals surface area contributed by atoms with Gasteiger partial charge in [-0.1, -0.05) is 6.42 Å². The Bertz CT molecular complexity index is 1270. The van der Waals surface area contributed by atoms with Gasteiger partial charge < -0.3 is 66.8 Å². The minimum atomic E-state index is -3.77. The van der Waals surface area contributed by atoms with E-state index < -0.39 is 163 Å². The fraction of sp³-hybridized carbons (Fsp3) is 1.00. The zero-order valence-corrected chi connectivity index (χ0v) is 66.1. The Balaban J connectivity index is 1.62. The highest BCUT2D eigenvalue weighted by molar-refractivity contribution is 6.90. The van der Waals surface area contributed by atoms with Gasteiger partial charge in [-0.2, -0.15) is 0 Å². The predicted octanol–water partition coefficient (Wildman–Crippen LogP) is 4.01. The Kier molecular flexibility index (Phi) is 28.5. The average Bonchev–Trinajstić information content (AvgIpc) is 3.14. The summed E-state index contributed by atoms with van der Waals surface area (Å²) in [6.07, 6.45) is 1.56. The van der Waals surface area contributed by atoms with Crippen LogP contribution < -0.4 is 0 Å². The smallest absolute Gasteiger partial charge is 0.442 e. The summed E-state index contributed by atoms with van der Waals surface area (Å²) in [5, 5.41) is 0. The molecule has 4 rings (SSSR count). The molecule has 0 aromatic rings. The van der Waals surface area contributed by atoms with E-state index in [1.807, 2.05) is 0 Å². The minimum absolute atomic E-state index is 0.157. The molecule has 0 radical (unpaired) electrons. The molecule has 0 amide bonds. The third kappa shape index (κ3) is 25.6. The van der Waals surface area contributed by atoms with Crippen molar-refractivity contribution in [2.45, 2.75) is 216 Å². The molecule has 17 atom stereocenters. The van der Waals surface area contributed by atoms with Crippen molar-refractivity contribution in [3.8, 4) is 0 Å². The van der Waals surface area contributed by atoms with Gasteiger partial charge in [0.25, 0.3) is 27.9 Å². The second-order valence-electron chi connectivity index (χ2n) is 22.0. The molecule has 17 unspecified atom stereocenters. The van der Waals surface area contributed by atoms with Crippen LogP contribution in [0.1, 0.15) is 27.2 Å². The standard InChI is InChI=1S/C34H98O16Si18/c1-32-28-53(5)41-63(45-57(9)35-32)21-19-20-51-38-68(48-65(13,14)25-22-61-30-34(3)36-56(8)43-60(12)44-61,49-66(15,16)26-23-62-37-33(2)29-52(4)39-58(10)46-62)50-67(17,18)27-24-64-42-55(7)31-54(6)40-59(11)47-64/h32-34,52-64H,19-31,51H2,1-18H3. The van der Waals surface area contributed by atoms with Crippen LogP contribution in [0.3, 0.4) is 0 Å². The molecule has 4 aliphatic rings. The van der Waals surface area contributed by atoms with Gasteiger partial charge in [0.2, 0.25) is 0 Å². The van der Waals surface area contributed by atoms with Gasteiger partial charge in [0.05, 0.1) is 0 Å². The van der Waals surface area contributed by atoms with Crippen LogP contribution in [0.25, 0.3) is 0 Å². The quantitative estimate of drug-likeness (QED) is 0.120. The van der Waals surface area contributed by atoms with Gasteiger partial charge in [-0.05, 0) is 191 Å². The van der Waals surface area contributed by atoms with Crippen molar-refractivity contribution >= 4 is 163 Å². The topological polar surface area (TPSA) is 148 Å². The molecule has 4 fully saturated rings. The van der Waals surface area contributed by atoms with E-state index in [4.69, 9.17) is 66.8 Å². The van der Waals surface area contributed by atoms with E-state index in [9.17, 15) is 0 Å². The van der Waals surface area contributed by atoms with E-state index in [0.29, 0.717) is 0 Å². The molecule has 16 nitrogen and oxygen atoms in total. The van der Waals surface area contributed by atoms with Crippen LogP contribution in [0.2, 0.25) is 170 Å². The zero-order valence-electron chi connectivity index (χ0n) is 45.7. The van der Waals surface area contributed by atoms with Crippen molar-refractivity contribution in [3.63, 3.8) is 0 Å². The van der Waals surface area contributed by atoms with Gasteiger partial charge >= 0.3 is 55.5 Å². The minimum Gasteiger partial charge on any atom is -0.442 e. The van der Waals surface area contributed by atoms with Crippen LogP contribution in [0.15, 0.2) is 0 Å². The lowest BCUT2D eigenvalue weighted by Gasteiger charge is -2.44. The lowest BCUT2D eigenvalue weighted by molar-refractivity contribution is 0.151. The van der Waals surface area contributed by atoms with E-state index in [2.05, 4.69) is 119 Å². The average molecular weight is 1270 g/mol. The summed E-state index contributed by atoms with van der Waals surface area (Å²) in [5.41, 5.74) is 1.16. The molecule has 4 aliphatic heterocycles. The molecule has 0 saturated carbocycles. The SMILES string of the molecule is CC1C[SiH](CC[Si](C)(C)O[Si](O[SiH2]CCC[SiH]2O[SiH](C)CC(C)O[SiH](C)O2)(O[Si](C)(C)CC[SiH]2OC(C)C[SiH](C)O[SiH](C)O2)O[Si](C)(C)CC[SiH]2O[SiH](C)C[SiH](C)O[SiH](C)O2)O[SiH](C)O[SiH](C)O1. The van der Waals surface area contributed by atoms with Crippen molar-refractivity contribution in [1.29, 1.82) is 0 Å². The van der Waals surface area contributed by atoms with Crippen LogP contribution in [0.4, 0.5) is 0 Å². The first-order valence-electron chi connectivity index (χ1n) is 26.3. The van der Waals surface area contributed by atoms with Crippen LogP contribution in [0.5, 0.6) is 0 Å². The van der Waals surface area contributed by atoms with Crippen molar-refractivity contribution in [2.24, 2.45) is 0 Å². The second kappa shape index (κ2) is 30.4. The Morgan fingerprint density at radius 1 is 0.441 bits per heavy atom. The lowest BCUT2D eigenvalue weighted by Crippen LogP contribution is -2.64. The molecule has 0 bridgehead atoms. The van der Waals surface area contributed by atoms with Crippen molar-refractivity contribution < 1.29 is 66.8 Å². The maximum atomic E-state index is 7.71. The molecule has 0 spiro atoms. The Hall–Kier alpha value is 3.26. The third-order valence-corrected chi connectivity index (χ3v) is 73.7. The lowest BCUT2D eigenvalue weighted by atomic mass is 10.5. The molecule has 0 N–H and O–H groups in total. The van der Waals surface area contributed by atoms with Gasteiger partial charge in [0, 0.05) is 18.3 Å². The molecule has 402 valence electrons. The fourth-order valence-corrected chi connectivity index (χ4v) is 78.9. The van der Waals surface area contributed by atoms with E-state index in [1.54, 1.807) is 0 Å². The monoisotopic (exact) mass is 1270 g/mol. The predicted molar refractivity (Wildman–Crippen MR) is 321 cm³/mol. The highest BCUT2D eigenvalue weighted by atomic mass is 28.5. The molecular formula is C34H98O16Si18. The highest BCUT2D eigenvalue weighted by Gasteiger charge is 2.56. The van der Waals surface area contributed by atoms with Gasteiger partial charge in [-0.15, -0.1) is 0 Å². The summed E-state index contributed by atoms with van der Waals surface area (Å²) < 4.78 is 109. The Morgan fingerprint density at radius 2 is 0.868 bits per heavy atom. The van der Waals surface area contributed by atoms with Crippen LogP contribution in [-0.4, -0.2) is 182 Å². The molecule has 68 heavy (non-hydrogen) atoms. The molecule has 0 aromatic carbocycles. The highest BCUT2D eigenvalue weighted by Crippen LogP contribution is 2.34. The first-order valence-corrected chi connectivity index (χ1v) is 66.5. The van der Waals surface area contributed by atoms with Crippen molar-refractivity contribution in [3.05, 3.63) is 0 Å². The largest absolute Gasteiger partial charge is 0.636 e. The van der Waals surface area contributed by atoms with Crippen LogP contribution in [-0.2, 0) is 66.8 Å². The summed E-state index contributed by atoms with van der Waals surface area (Å²) in [5.74, 6) is 0. The summed E-state index contributed by atoms with van der Waals surface area (Å²) in [4.78, 5) is 0. The molecular weight excluding hydrogens is 1170 g/mol. The maximum Gasteiger partial charge on any atom is 0.636 e. The summed E-state index contributed by atoms with van der Waals surface area (Å²) in [6.45, 7) is 40.5. The summed E-state index contributed by atoms with van der Waals surface area (Å²) >= 11 is 0. The molecule has 4 heterocycles. The van der Waals surface area contributed by atoms with Gasteiger partial charge in [-0.3, -0.25) is 0 Å². The molecule has 4 saturated heterocycles. The van der Waals surface area contributed by atoms with Crippen LogP contribution >= 0.6 is 0 Å². The van der Waals surface area contributed by atoms with E-state index >= 15 is 0 Å². The van der Waals surface area contributed by atoms with Crippen molar-refractivity contribution in [2.75, 3.05) is 0 Å². The second-order valence-corrected chi connectivity index (χ2v) is 72.0. The van der Waals surface area contributed by atoms with Gasteiger partial charge in [0.1, 0.15) is 0 Å². The van der Waals surface area contributed by atoms with Gasteiger partial charge in [0.15, 0.2) is 79.9 Å². The Morgan fingerprint density at radius 3 is 1.49 bits per heavy atom. The fourth-order valence-electron chi connectivity index (χ4n) is 9.70.